The third-order valence-electron chi connectivity index (χ3n) is 4.52. The van der Waals surface area contributed by atoms with Crippen molar-refractivity contribution in [1.29, 1.82) is 0 Å². The van der Waals surface area contributed by atoms with Gasteiger partial charge in [0.05, 0.1) is 6.10 Å². The first-order valence-corrected chi connectivity index (χ1v) is 9.96. The van der Waals surface area contributed by atoms with Crippen molar-refractivity contribution in [3.05, 3.63) is 77.9 Å². The van der Waals surface area contributed by atoms with Crippen LogP contribution in [0, 0.1) is 6.92 Å². The molecule has 2 N–H and O–H groups in total. The molecule has 0 spiro atoms. The number of carboxylic acid groups (broad SMARTS) is 1. The lowest BCUT2D eigenvalue weighted by Gasteiger charge is -2.14. The number of aliphatic carboxylic acids is 1. The quantitative estimate of drug-likeness (QED) is 0.490. The molecule has 5 nitrogen and oxygen atoms in total. The molecule has 0 bridgehead atoms. The van der Waals surface area contributed by atoms with Crippen molar-refractivity contribution >= 4 is 11.7 Å². The number of carboxylic acids is 1. The van der Waals surface area contributed by atoms with Gasteiger partial charge in [-0.2, -0.15) is 0 Å². The highest BCUT2D eigenvalue weighted by molar-refractivity contribution is 5.69. The molecule has 0 saturated carbocycles. The van der Waals surface area contributed by atoms with E-state index in [0.717, 1.165) is 11.4 Å². The second-order valence-electron chi connectivity index (χ2n) is 7.40. The van der Waals surface area contributed by atoms with Crippen LogP contribution in [0.4, 0.5) is 5.69 Å². The molecule has 5 heteroatoms. The number of anilines is 1. The summed E-state index contributed by atoms with van der Waals surface area (Å²) in [5, 5.41) is 12.1. The van der Waals surface area contributed by atoms with Gasteiger partial charge in [0.25, 0.3) is 0 Å². The molecule has 0 fully saturated rings. The molecule has 3 rings (SSSR count). The van der Waals surface area contributed by atoms with Gasteiger partial charge in [0.2, 0.25) is 0 Å². The first kappa shape index (κ1) is 21.2. The first-order valence-electron chi connectivity index (χ1n) is 9.96. The lowest BCUT2D eigenvalue weighted by atomic mass is 9.98. The Hall–Kier alpha value is -3.47. The molecule has 3 aromatic rings. The van der Waals surface area contributed by atoms with Crippen LogP contribution in [0.25, 0.3) is 11.1 Å². The van der Waals surface area contributed by atoms with Crippen LogP contribution < -0.4 is 14.8 Å². The van der Waals surface area contributed by atoms with E-state index >= 15 is 0 Å². The number of carbonyl (C=O) groups is 1. The van der Waals surface area contributed by atoms with E-state index in [1.54, 1.807) is 12.1 Å². The summed E-state index contributed by atoms with van der Waals surface area (Å²) in [6.45, 7) is 6.48. The van der Waals surface area contributed by atoms with E-state index < -0.39 is 5.97 Å². The fourth-order valence-corrected chi connectivity index (χ4v) is 3.17. The SMILES string of the molecule is Cc1cc(OC(C)C)ccc1-c1cccc(CNc2ccc(OCC(=O)O)cc2)c1. The van der Waals surface area contributed by atoms with E-state index in [1.165, 1.54) is 22.3 Å². The van der Waals surface area contributed by atoms with Gasteiger partial charge in [-0.05, 0) is 85.5 Å². The van der Waals surface area contributed by atoms with Crippen molar-refractivity contribution in [2.24, 2.45) is 0 Å². The predicted octanol–water partition coefficient (Wildman–Crippen LogP) is 5.52. The second-order valence-corrected chi connectivity index (χ2v) is 7.40. The minimum atomic E-state index is -0.991. The van der Waals surface area contributed by atoms with Crippen molar-refractivity contribution in [2.75, 3.05) is 11.9 Å². The largest absolute Gasteiger partial charge is 0.491 e. The average molecular weight is 405 g/mol. The molecule has 3 aromatic carbocycles. The number of benzene rings is 3. The van der Waals surface area contributed by atoms with E-state index in [0.29, 0.717) is 12.3 Å². The van der Waals surface area contributed by atoms with Gasteiger partial charge in [0.1, 0.15) is 11.5 Å². The molecule has 0 amide bonds. The first-order chi connectivity index (χ1) is 14.4. The van der Waals surface area contributed by atoms with Crippen molar-refractivity contribution < 1.29 is 19.4 Å². The maximum Gasteiger partial charge on any atom is 0.341 e. The Bertz CT molecular complexity index is 996. The lowest BCUT2D eigenvalue weighted by molar-refractivity contribution is -0.139. The zero-order chi connectivity index (χ0) is 21.5. The van der Waals surface area contributed by atoms with Crippen molar-refractivity contribution in [1.82, 2.24) is 0 Å². The molecular formula is C25H27NO4. The number of rotatable bonds is 9. The highest BCUT2D eigenvalue weighted by atomic mass is 16.5. The van der Waals surface area contributed by atoms with Crippen LogP contribution in [-0.2, 0) is 11.3 Å². The summed E-state index contributed by atoms with van der Waals surface area (Å²) in [6.07, 6.45) is 0.155. The fourth-order valence-electron chi connectivity index (χ4n) is 3.17. The summed E-state index contributed by atoms with van der Waals surface area (Å²) in [5.74, 6) is 0.430. The molecule has 0 saturated heterocycles. The Kier molecular flexibility index (Phi) is 6.96. The average Bonchev–Trinajstić information content (AvgIpc) is 2.71. The van der Waals surface area contributed by atoms with Gasteiger partial charge < -0.3 is 19.9 Å². The number of nitrogens with one attached hydrogen (secondary N) is 1. The molecule has 0 atom stereocenters. The van der Waals surface area contributed by atoms with Crippen LogP contribution in [-0.4, -0.2) is 23.8 Å². The molecule has 0 heterocycles. The maximum atomic E-state index is 10.6. The molecule has 0 radical (unpaired) electrons. The van der Waals surface area contributed by atoms with Gasteiger partial charge >= 0.3 is 5.97 Å². The van der Waals surface area contributed by atoms with Crippen LogP contribution in [0.2, 0.25) is 0 Å². The highest BCUT2D eigenvalue weighted by Gasteiger charge is 2.06. The summed E-state index contributed by atoms with van der Waals surface area (Å²) < 4.78 is 10.9. The Morgan fingerprint density at radius 1 is 1.00 bits per heavy atom. The molecule has 0 aliphatic carbocycles. The van der Waals surface area contributed by atoms with Gasteiger partial charge in [-0.25, -0.2) is 4.79 Å². The third-order valence-corrected chi connectivity index (χ3v) is 4.52. The molecule has 156 valence electrons. The minimum Gasteiger partial charge on any atom is -0.491 e. The lowest BCUT2D eigenvalue weighted by Crippen LogP contribution is -2.09. The minimum absolute atomic E-state index is 0.155. The monoisotopic (exact) mass is 405 g/mol. The van der Waals surface area contributed by atoms with E-state index in [4.69, 9.17) is 14.6 Å². The van der Waals surface area contributed by atoms with E-state index in [9.17, 15) is 4.79 Å². The van der Waals surface area contributed by atoms with E-state index in [-0.39, 0.29) is 12.7 Å². The Morgan fingerprint density at radius 3 is 2.40 bits per heavy atom. The van der Waals surface area contributed by atoms with Crippen LogP contribution in [0.3, 0.4) is 0 Å². The van der Waals surface area contributed by atoms with Crippen LogP contribution in [0.15, 0.2) is 66.7 Å². The molecule has 0 aliphatic heterocycles. The van der Waals surface area contributed by atoms with Crippen LogP contribution in [0.1, 0.15) is 25.0 Å². The van der Waals surface area contributed by atoms with Crippen molar-refractivity contribution in [2.45, 2.75) is 33.4 Å². The summed E-state index contributed by atoms with van der Waals surface area (Å²) in [4.78, 5) is 10.6. The van der Waals surface area contributed by atoms with E-state index in [2.05, 4.69) is 48.6 Å². The smallest absolute Gasteiger partial charge is 0.341 e. The fraction of sp³-hybridized carbons (Fsp3) is 0.240. The Labute approximate surface area is 177 Å². The zero-order valence-corrected chi connectivity index (χ0v) is 17.5. The number of hydrogen-bond donors (Lipinski definition) is 2. The van der Waals surface area contributed by atoms with E-state index in [1.807, 2.05) is 32.0 Å². The second kappa shape index (κ2) is 9.83. The summed E-state index contributed by atoms with van der Waals surface area (Å²) >= 11 is 0. The molecular weight excluding hydrogens is 378 g/mol. The van der Waals surface area contributed by atoms with Gasteiger partial charge in [-0.3, -0.25) is 0 Å². The van der Waals surface area contributed by atoms with Crippen LogP contribution in [0.5, 0.6) is 11.5 Å². The third kappa shape index (κ3) is 6.01. The number of aryl methyl sites for hydroxylation is 1. The molecule has 30 heavy (non-hydrogen) atoms. The summed E-state index contributed by atoms with van der Waals surface area (Å²) in [5.41, 5.74) is 5.64. The number of ether oxygens (including phenoxy) is 2. The van der Waals surface area contributed by atoms with Gasteiger partial charge in [-0.1, -0.05) is 24.3 Å². The topological polar surface area (TPSA) is 67.8 Å². The maximum absolute atomic E-state index is 10.6. The highest BCUT2D eigenvalue weighted by Crippen LogP contribution is 2.28. The molecule has 0 aromatic heterocycles. The Balaban J connectivity index is 1.65. The van der Waals surface area contributed by atoms with Gasteiger partial charge in [0, 0.05) is 12.2 Å². The van der Waals surface area contributed by atoms with Gasteiger partial charge in [-0.15, -0.1) is 0 Å². The van der Waals surface area contributed by atoms with Crippen LogP contribution >= 0.6 is 0 Å². The summed E-state index contributed by atoms with van der Waals surface area (Å²) in [7, 11) is 0. The molecule has 0 unspecified atom stereocenters. The predicted molar refractivity (Wildman–Crippen MR) is 119 cm³/mol. The standard InChI is InChI=1S/C25H27NO4/c1-17(2)30-23-11-12-24(18(3)13-23)20-6-4-5-19(14-20)15-26-21-7-9-22(10-8-21)29-16-25(27)28/h4-14,17,26H,15-16H2,1-3H3,(H,27,28). The molecule has 0 aliphatic rings. The van der Waals surface area contributed by atoms with Gasteiger partial charge in [0.15, 0.2) is 6.61 Å². The van der Waals surface area contributed by atoms with Crippen molar-refractivity contribution in [3.63, 3.8) is 0 Å². The van der Waals surface area contributed by atoms with Crippen molar-refractivity contribution in [3.8, 4) is 22.6 Å². The summed E-state index contributed by atoms with van der Waals surface area (Å²) in [6, 6.07) is 21.9. The number of hydrogen-bond acceptors (Lipinski definition) is 4. The zero-order valence-electron chi connectivity index (χ0n) is 17.5. The Morgan fingerprint density at radius 2 is 1.73 bits per heavy atom. The normalized spacial score (nSPS) is 10.7.